The van der Waals surface area contributed by atoms with Gasteiger partial charge in [-0.05, 0) is 26.0 Å². The summed E-state index contributed by atoms with van der Waals surface area (Å²) in [4.78, 5) is 35.0. The van der Waals surface area contributed by atoms with Crippen molar-refractivity contribution < 1.29 is 9.59 Å². The van der Waals surface area contributed by atoms with Crippen molar-refractivity contribution >= 4 is 28.8 Å². The molecule has 0 aliphatic carbocycles. The van der Waals surface area contributed by atoms with E-state index in [4.69, 9.17) is 0 Å². The minimum atomic E-state index is 0.00246. The van der Waals surface area contributed by atoms with Crippen LogP contribution < -0.4 is 0 Å². The SMILES string of the molecule is CCN(CC)C(=O)CN1CCN(C(=O)/C=C/c2cccc3cccnc23)CC1. The lowest BCUT2D eigenvalue weighted by atomic mass is 10.1. The lowest BCUT2D eigenvalue weighted by molar-refractivity contribution is -0.133. The topological polar surface area (TPSA) is 56.8 Å². The predicted molar refractivity (Wildman–Crippen MR) is 112 cm³/mol. The van der Waals surface area contributed by atoms with Crippen LogP contribution in [0, 0.1) is 0 Å². The summed E-state index contributed by atoms with van der Waals surface area (Å²) in [5.74, 6) is 0.163. The molecular formula is C22H28N4O2. The predicted octanol–water partition coefficient (Wildman–Crippen LogP) is 2.26. The molecule has 2 aromatic rings. The Hall–Kier alpha value is -2.73. The van der Waals surface area contributed by atoms with Gasteiger partial charge in [0.05, 0.1) is 12.1 Å². The molecule has 3 rings (SSSR count). The molecule has 1 aromatic carbocycles. The molecule has 6 nitrogen and oxygen atoms in total. The Labute approximate surface area is 166 Å². The number of hydrogen-bond acceptors (Lipinski definition) is 4. The number of pyridine rings is 1. The number of fused-ring (bicyclic) bond motifs is 1. The van der Waals surface area contributed by atoms with Gasteiger partial charge in [0.15, 0.2) is 0 Å². The van der Waals surface area contributed by atoms with Crippen LogP contribution in [-0.2, 0) is 9.59 Å². The van der Waals surface area contributed by atoms with Gasteiger partial charge < -0.3 is 9.80 Å². The van der Waals surface area contributed by atoms with Gasteiger partial charge in [0.2, 0.25) is 11.8 Å². The van der Waals surface area contributed by atoms with Gasteiger partial charge in [0.25, 0.3) is 0 Å². The van der Waals surface area contributed by atoms with E-state index in [9.17, 15) is 9.59 Å². The number of benzene rings is 1. The third-order valence-corrected chi connectivity index (χ3v) is 5.23. The van der Waals surface area contributed by atoms with Gasteiger partial charge >= 0.3 is 0 Å². The molecule has 2 heterocycles. The molecule has 2 amide bonds. The first-order valence-electron chi connectivity index (χ1n) is 9.93. The minimum Gasteiger partial charge on any atom is -0.342 e. The molecule has 0 atom stereocenters. The lowest BCUT2D eigenvalue weighted by Gasteiger charge is -2.34. The summed E-state index contributed by atoms with van der Waals surface area (Å²) in [5, 5.41) is 1.06. The molecule has 0 radical (unpaired) electrons. The van der Waals surface area contributed by atoms with Crippen LogP contribution in [0.3, 0.4) is 0 Å². The highest BCUT2D eigenvalue weighted by Gasteiger charge is 2.22. The number of nitrogens with zero attached hydrogens (tertiary/aromatic N) is 4. The fourth-order valence-corrected chi connectivity index (χ4v) is 3.52. The standard InChI is InChI=1S/C22H28N4O2/c1-3-25(4-2)21(28)17-24-13-15-26(16-14-24)20(27)11-10-19-8-5-7-18-9-6-12-23-22(18)19/h5-12H,3-4,13-17H2,1-2H3/b11-10+. The molecule has 6 heteroatoms. The Bertz CT molecular complexity index is 847. The summed E-state index contributed by atoms with van der Waals surface area (Å²) >= 11 is 0. The fraction of sp³-hybridized carbons (Fsp3) is 0.409. The highest BCUT2D eigenvalue weighted by atomic mass is 16.2. The summed E-state index contributed by atoms with van der Waals surface area (Å²) in [5.41, 5.74) is 1.84. The first-order chi connectivity index (χ1) is 13.6. The Kier molecular flexibility index (Phi) is 6.76. The van der Waals surface area contributed by atoms with Gasteiger partial charge in [-0.25, -0.2) is 0 Å². The number of aromatic nitrogens is 1. The van der Waals surface area contributed by atoms with E-state index in [2.05, 4.69) is 9.88 Å². The summed E-state index contributed by atoms with van der Waals surface area (Å²) in [6, 6.07) is 9.88. The molecule has 1 fully saturated rings. The van der Waals surface area contributed by atoms with Crippen LogP contribution >= 0.6 is 0 Å². The zero-order valence-corrected chi connectivity index (χ0v) is 16.7. The van der Waals surface area contributed by atoms with Crippen LogP contribution in [0.4, 0.5) is 0 Å². The normalized spacial score (nSPS) is 15.3. The van der Waals surface area contributed by atoms with Gasteiger partial charge in [-0.2, -0.15) is 0 Å². The molecule has 0 saturated carbocycles. The molecule has 0 N–H and O–H groups in total. The van der Waals surface area contributed by atoms with Crippen LogP contribution in [0.2, 0.25) is 0 Å². The average Bonchev–Trinajstić information content (AvgIpc) is 2.73. The smallest absolute Gasteiger partial charge is 0.246 e. The van der Waals surface area contributed by atoms with Crippen molar-refractivity contribution in [2.45, 2.75) is 13.8 Å². The number of carbonyl (C=O) groups excluding carboxylic acids is 2. The molecule has 1 aliphatic heterocycles. The third-order valence-electron chi connectivity index (χ3n) is 5.23. The van der Waals surface area contributed by atoms with Crippen molar-refractivity contribution in [3.63, 3.8) is 0 Å². The van der Waals surface area contributed by atoms with Crippen LogP contribution in [0.5, 0.6) is 0 Å². The zero-order valence-electron chi connectivity index (χ0n) is 16.7. The molecular weight excluding hydrogens is 352 g/mol. The number of amides is 2. The van der Waals surface area contributed by atoms with Crippen molar-refractivity contribution in [1.29, 1.82) is 0 Å². The van der Waals surface area contributed by atoms with E-state index in [0.29, 0.717) is 19.6 Å². The van der Waals surface area contributed by atoms with Crippen molar-refractivity contribution in [2.75, 3.05) is 45.8 Å². The Morgan fingerprint density at radius 1 is 1.07 bits per heavy atom. The Balaban J connectivity index is 1.55. The quantitative estimate of drug-likeness (QED) is 0.722. The highest BCUT2D eigenvalue weighted by Crippen LogP contribution is 2.17. The van der Waals surface area contributed by atoms with E-state index in [0.717, 1.165) is 42.6 Å². The van der Waals surface area contributed by atoms with E-state index < -0.39 is 0 Å². The van der Waals surface area contributed by atoms with Crippen molar-refractivity contribution in [3.8, 4) is 0 Å². The molecule has 0 spiro atoms. The van der Waals surface area contributed by atoms with Crippen molar-refractivity contribution in [3.05, 3.63) is 48.2 Å². The summed E-state index contributed by atoms with van der Waals surface area (Å²) in [7, 11) is 0. The van der Waals surface area contributed by atoms with E-state index in [-0.39, 0.29) is 11.8 Å². The first kappa shape index (κ1) is 20.0. The van der Waals surface area contributed by atoms with Gasteiger partial charge in [-0.15, -0.1) is 0 Å². The van der Waals surface area contributed by atoms with Crippen LogP contribution in [0.15, 0.2) is 42.6 Å². The second kappa shape index (κ2) is 9.46. The third kappa shape index (κ3) is 4.75. The van der Waals surface area contributed by atoms with Crippen LogP contribution in [0.1, 0.15) is 19.4 Å². The summed E-state index contributed by atoms with van der Waals surface area (Å²) in [6.07, 6.45) is 5.23. The van der Waals surface area contributed by atoms with E-state index in [1.165, 1.54) is 0 Å². The second-order valence-corrected chi connectivity index (χ2v) is 6.92. The maximum absolute atomic E-state index is 12.6. The Morgan fingerprint density at radius 2 is 1.79 bits per heavy atom. The number of para-hydroxylation sites is 1. The van der Waals surface area contributed by atoms with Crippen LogP contribution in [0.25, 0.3) is 17.0 Å². The molecule has 28 heavy (non-hydrogen) atoms. The maximum atomic E-state index is 12.6. The van der Waals surface area contributed by atoms with Gasteiger partial charge in [-0.1, -0.05) is 24.3 Å². The molecule has 1 aromatic heterocycles. The molecule has 148 valence electrons. The number of hydrogen-bond donors (Lipinski definition) is 0. The fourth-order valence-electron chi connectivity index (χ4n) is 3.52. The lowest BCUT2D eigenvalue weighted by Crippen LogP contribution is -2.51. The molecule has 1 saturated heterocycles. The summed E-state index contributed by atoms with van der Waals surface area (Å²) < 4.78 is 0. The van der Waals surface area contributed by atoms with Gasteiger partial charge in [0, 0.05) is 62.5 Å². The van der Waals surface area contributed by atoms with Crippen molar-refractivity contribution in [1.82, 2.24) is 19.7 Å². The van der Waals surface area contributed by atoms with Gasteiger partial charge in [0.1, 0.15) is 0 Å². The molecule has 0 bridgehead atoms. The Morgan fingerprint density at radius 3 is 2.50 bits per heavy atom. The molecule has 1 aliphatic rings. The largest absolute Gasteiger partial charge is 0.342 e. The number of rotatable bonds is 6. The van der Waals surface area contributed by atoms with Crippen molar-refractivity contribution in [2.24, 2.45) is 0 Å². The van der Waals surface area contributed by atoms with Gasteiger partial charge in [-0.3, -0.25) is 19.5 Å². The minimum absolute atomic E-state index is 0.00246. The zero-order chi connectivity index (χ0) is 19.9. The first-order valence-corrected chi connectivity index (χ1v) is 9.93. The molecule has 0 unspecified atom stereocenters. The van der Waals surface area contributed by atoms with Crippen LogP contribution in [-0.4, -0.2) is 77.3 Å². The van der Waals surface area contributed by atoms with E-state index >= 15 is 0 Å². The maximum Gasteiger partial charge on any atom is 0.246 e. The average molecular weight is 380 g/mol. The highest BCUT2D eigenvalue weighted by molar-refractivity contribution is 5.95. The number of piperazine rings is 1. The van der Waals surface area contributed by atoms with E-state index in [1.54, 1.807) is 12.3 Å². The monoisotopic (exact) mass is 380 g/mol. The number of likely N-dealkylation sites (N-methyl/N-ethyl adjacent to an activating group) is 1. The van der Waals surface area contributed by atoms with E-state index in [1.807, 2.05) is 60.1 Å². The number of carbonyl (C=O) groups is 2. The summed E-state index contributed by atoms with van der Waals surface area (Å²) in [6.45, 7) is 8.63. The second-order valence-electron chi connectivity index (χ2n) is 6.92.